The molecule has 0 aromatic rings. The second-order valence-corrected chi connectivity index (χ2v) is 2.70. The van der Waals surface area contributed by atoms with Crippen LogP contribution >= 0.6 is 12.6 Å². The second kappa shape index (κ2) is 12.4. The van der Waals surface area contributed by atoms with Crippen LogP contribution in [0, 0.1) is 0 Å². The van der Waals surface area contributed by atoms with E-state index in [4.69, 9.17) is 12.6 Å². The molecule has 0 amide bonds. The molecule has 0 spiro atoms. The Bertz CT molecular complexity index is 36.0. The third-order valence-electron chi connectivity index (χ3n) is 1.05. The fraction of sp³-hybridized carbons (Fsp3) is 1.00. The first-order valence-corrected chi connectivity index (χ1v) is 4.31. The van der Waals surface area contributed by atoms with E-state index in [1.807, 2.05) is 0 Å². The number of thiol groups is 1. The maximum atomic E-state index is 4.78. The van der Waals surface area contributed by atoms with Crippen molar-refractivity contribution in [2.75, 3.05) is 11.5 Å². The van der Waals surface area contributed by atoms with Crippen LogP contribution in [0.5, 0.6) is 0 Å². The van der Waals surface area contributed by atoms with Crippen molar-refractivity contribution < 1.29 is 29.6 Å². The molecule has 50 valence electrons. The molecule has 9 heavy (non-hydrogen) atoms. The Balaban J connectivity index is 0. The van der Waals surface area contributed by atoms with Gasteiger partial charge in [-0.25, -0.2) is 0 Å². The summed E-state index contributed by atoms with van der Waals surface area (Å²) in [5.74, 6) is 1.95. The summed E-state index contributed by atoms with van der Waals surface area (Å²) >= 11 is 8.88. The van der Waals surface area contributed by atoms with Gasteiger partial charge in [0.25, 0.3) is 0 Å². The molecule has 0 bridgehead atoms. The van der Waals surface area contributed by atoms with E-state index >= 15 is 0 Å². The molecule has 0 saturated carbocycles. The Morgan fingerprint density at radius 3 is 2.00 bits per heavy atom. The second-order valence-electron chi connectivity index (χ2n) is 1.84. The SMILES string of the molecule is [Na+].[S-]CCCCCCS. The van der Waals surface area contributed by atoms with Crippen LogP contribution in [-0.4, -0.2) is 11.5 Å². The predicted molar refractivity (Wildman–Crippen MR) is 44.6 cm³/mol. The van der Waals surface area contributed by atoms with Crippen LogP contribution in [0.4, 0.5) is 0 Å². The van der Waals surface area contributed by atoms with Crippen LogP contribution in [0.2, 0.25) is 0 Å². The van der Waals surface area contributed by atoms with Gasteiger partial charge in [-0.1, -0.05) is 19.3 Å². The van der Waals surface area contributed by atoms with Gasteiger partial charge in [0.15, 0.2) is 0 Å². The summed E-state index contributed by atoms with van der Waals surface area (Å²) < 4.78 is 0. The van der Waals surface area contributed by atoms with E-state index in [1.54, 1.807) is 0 Å². The molecule has 0 aliphatic carbocycles. The zero-order valence-corrected chi connectivity index (χ0v) is 9.81. The van der Waals surface area contributed by atoms with E-state index in [2.05, 4.69) is 12.6 Å². The van der Waals surface area contributed by atoms with Crippen LogP contribution in [0.25, 0.3) is 0 Å². The van der Waals surface area contributed by atoms with Crippen molar-refractivity contribution in [3.8, 4) is 0 Å². The van der Waals surface area contributed by atoms with E-state index in [9.17, 15) is 0 Å². The van der Waals surface area contributed by atoms with Gasteiger partial charge >= 0.3 is 29.6 Å². The molecule has 3 heteroatoms. The molecule has 0 heterocycles. The third kappa shape index (κ3) is 12.8. The average molecular weight is 172 g/mol. The summed E-state index contributed by atoms with van der Waals surface area (Å²) in [5, 5.41) is 0. The van der Waals surface area contributed by atoms with Crippen molar-refractivity contribution in [3.63, 3.8) is 0 Å². The minimum absolute atomic E-state index is 0. The van der Waals surface area contributed by atoms with Gasteiger partial charge in [-0.3, -0.25) is 0 Å². The van der Waals surface area contributed by atoms with Crippen molar-refractivity contribution in [1.29, 1.82) is 0 Å². The molecule has 0 aliphatic heterocycles. The van der Waals surface area contributed by atoms with Crippen molar-refractivity contribution in [2.45, 2.75) is 25.7 Å². The molecule has 0 nitrogen and oxygen atoms in total. The molecule has 0 fully saturated rings. The van der Waals surface area contributed by atoms with E-state index in [0.29, 0.717) is 0 Å². The minimum Gasteiger partial charge on any atom is -0.793 e. The maximum Gasteiger partial charge on any atom is 1.00 e. The molecule has 0 saturated heterocycles. The summed E-state index contributed by atoms with van der Waals surface area (Å²) in [6.07, 6.45) is 5.06. The maximum absolute atomic E-state index is 4.78. The average Bonchev–Trinajstić information content (AvgIpc) is 1.81. The van der Waals surface area contributed by atoms with Crippen LogP contribution in [-0.2, 0) is 12.6 Å². The zero-order valence-electron chi connectivity index (χ0n) is 6.10. The zero-order chi connectivity index (χ0) is 6.24. The van der Waals surface area contributed by atoms with E-state index in [0.717, 1.165) is 11.5 Å². The smallest absolute Gasteiger partial charge is 0.793 e. The van der Waals surface area contributed by atoms with Gasteiger partial charge in [0, 0.05) is 0 Å². The molecule has 0 N–H and O–H groups in total. The summed E-state index contributed by atoms with van der Waals surface area (Å²) in [5.41, 5.74) is 0. The van der Waals surface area contributed by atoms with E-state index < -0.39 is 0 Å². The Hall–Kier alpha value is 1.70. The summed E-state index contributed by atoms with van der Waals surface area (Å²) in [6, 6.07) is 0. The fourth-order valence-corrected chi connectivity index (χ4v) is 0.995. The third-order valence-corrected chi connectivity index (χ3v) is 1.66. The van der Waals surface area contributed by atoms with Gasteiger partial charge < -0.3 is 12.6 Å². The van der Waals surface area contributed by atoms with Crippen molar-refractivity contribution >= 4 is 25.3 Å². The summed E-state index contributed by atoms with van der Waals surface area (Å²) in [6.45, 7) is 0. The van der Waals surface area contributed by atoms with E-state index in [1.165, 1.54) is 25.7 Å². The van der Waals surface area contributed by atoms with Crippen molar-refractivity contribution in [1.82, 2.24) is 0 Å². The van der Waals surface area contributed by atoms with Crippen LogP contribution < -0.4 is 29.6 Å². The van der Waals surface area contributed by atoms with Crippen LogP contribution in [0.1, 0.15) is 25.7 Å². The monoisotopic (exact) mass is 172 g/mol. The molecule has 0 aromatic heterocycles. The Morgan fingerprint density at radius 2 is 1.56 bits per heavy atom. The molecule has 0 aliphatic rings. The quantitative estimate of drug-likeness (QED) is 0.241. The summed E-state index contributed by atoms with van der Waals surface area (Å²) in [7, 11) is 0. The van der Waals surface area contributed by atoms with Gasteiger partial charge in [0.05, 0.1) is 0 Å². The molecular weight excluding hydrogens is 159 g/mol. The molecule has 0 unspecified atom stereocenters. The molecular formula is C6H13NaS2. The van der Waals surface area contributed by atoms with Gasteiger partial charge in [0.2, 0.25) is 0 Å². The number of hydrogen-bond donors (Lipinski definition) is 1. The van der Waals surface area contributed by atoms with Gasteiger partial charge in [-0.2, -0.15) is 18.4 Å². The largest absolute Gasteiger partial charge is 1.00 e. The Morgan fingerprint density at radius 1 is 1.00 bits per heavy atom. The van der Waals surface area contributed by atoms with Crippen LogP contribution in [0.3, 0.4) is 0 Å². The molecule has 0 radical (unpaired) electrons. The van der Waals surface area contributed by atoms with Gasteiger partial charge in [0.1, 0.15) is 0 Å². The normalized spacial score (nSPS) is 8.67. The molecule has 0 atom stereocenters. The number of rotatable bonds is 5. The minimum atomic E-state index is 0. The Labute approximate surface area is 91.3 Å². The molecule has 0 rings (SSSR count). The summed E-state index contributed by atoms with van der Waals surface area (Å²) in [4.78, 5) is 0. The molecule has 0 aromatic carbocycles. The van der Waals surface area contributed by atoms with Crippen LogP contribution in [0.15, 0.2) is 0 Å². The van der Waals surface area contributed by atoms with Gasteiger partial charge in [-0.15, -0.1) is 0 Å². The van der Waals surface area contributed by atoms with Crippen molar-refractivity contribution in [2.24, 2.45) is 0 Å². The fourth-order valence-electron chi connectivity index (χ4n) is 0.567. The topological polar surface area (TPSA) is 0 Å². The van der Waals surface area contributed by atoms with Gasteiger partial charge in [-0.05, 0) is 12.2 Å². The Kier molecular flexibility index (Phi) is 18.3. The first kappa shape index (κ1) is 13.3. The first-order chi connectivity index (χ1) is 3.91. The standard InChI is InChI=1S/C6H14S2.Na/c7-5-3-1-2-4-6-8;/h7-8H,1-6H2;/q;+1/p-1. The number of unbranched alkanes of at least 4 members (excludes halogenated alkanes) is 3. The van der Waals surface area contributed by atoms with Crippen molar-refractivity contribution in [3.05, 3.63) is 0 Å². The first-order valence-electron chi connectivity index (χ1n) is 3.10. The van der Waals surface area contributed by atoms with E-state index in [-0.39, 0.29) is 29.6 Å². The predicted octanol–water partition coefficient (Wildman–Crippen LogP) is -0.973. The number of hydrogen-bond acceptors (Lipinski definition) is 2.